The molecule has 176 valence electrons. The smallest absolute Gasteiger partial charge is 0.314 e. The Morgan fingerprint density at radius 1 is 1.34 bits per heavy atom. The number of rotatable bonds is 10. The average molecular weight is 463 g/mol. The molecule has 2 aliphatic rings. The first-order valence-electron chi connectivity index (χ1n) is 11.2. The maximum Gasteiger partial charge on any atom is 0.314 e. The minimum absolute atomic E-state index is 0.198. The van der Waals surface area contributed by atoms with Crippen molar-refractivity contribution >= 4 is 40.9 Å². The van der Waals surface area contributed by atoms with E-state index in [2.05, 4.69) is 33.6 Å². The number of hydroxylamine groups is 2. The molecule has 3 rings (SSSR count). The molecule has 9 nitrogen and oxygen atoms in total. The van der Waals surface area contributed by atoms with E-state index in [1.165, 1.54) is 9.94 Å². The summed E-state index contributed by atoms with van der Waals surface area (Å²) in [6.07, 6.45) is 3.96. The van der Waals surface area contributed by atoms with Crippen LogP contribution in [0.3, 0.4) is 0 Å². The van der Waals surface area contributed by atoms with Gasteiger partial charge in [0.15, 0.2) is 0 Å². The number of likely N-dealkylation sites (tertiary alicyclic amines) is 1. The zero-order valence-corrected chi connectivity index (χ0v) is 20.0. The Labute approximate surface area is 193 Å². The number of carbonyl (C=O) groups excluding carboxylic acids is 2. The highest BCUT2D eigenvalue weighted by Crippen LogP contribution is 2.36. The number of nitrogens with two attached hydrogens (primary N) is 1. The van der Waals surface area contributed by atoms with E-state index in [0.29, 0.717) is 37.0 Å². The van der Waals surface area contributed by atoms with Crippen molar-refractivity contribution in [3.63, 3.8) is 0 Å². The van der Waals surface area contributed by atoms with Gasteiger partial charge in [0, 0.05) is 49.6 Å². The van der Waals surface area contributed by atoms with E-state index in [1.54, 1.807) is 11.3 Å². The molecule has 0 spiro atoms. The monoisotopic (exact) mass is 462 g/mol. The van der Waals surface area contributed by atoms with Crippen LogP contribution in [0.2, 0.25) is 0 Å². The summed E-state index contributed by atoms with van der Waals surface area (Å²) in [4.78, 5) is 39.5. The number of fused-ring (bicyclic) bond motifs is 1. The lowest BCUT2D eigenvalue weighted by atomic mass is 9.96. The number of urea groups is 1. The third-order valence-corrected chi connectivity index (χ3v) is 6.36. The maximum atomic E-state index is 13.2. The highest BCUT2D eigenvalue weighted by atomic mass is 32.1. The Kier molecular flexibility index (Phi) is 8.66. The fourth-order valence-electron chi connectivity index (χ4n) is 3.85. The predicted molar refractivity (Wildman–Crippen MR) is 128 cm³/mol. The maximum absolute atomic E-state index is 13.2. The summed E-state index contributed by atoms with van der Waals surface area (Å²) in [6.45, 7) is 7.56. The number of hydrogen-bond donors (Lipinski definition) is 3. The van der Waals surface area contributed by atoms with Gasteiger partial charge in [0.1, 0.15) is 5.84 Å². The molecule has 0 saturated carbocycles. The summed E-state index contributed by atoms with van der Waals surface area (Å²) in [5.41, 5.74) is 7.54. The van der Waals surface area contributed by atoms with Crippen LogP contribution in [0.5, 0.6) is 0 Å². The molecule has 4 N–H and O–H groups in total. The molecule has 0 unspecified atom stereocenters. The van der Waals surface area contributed by atoms with Gasteiger partial charge in [-0.25, -0.2) is 14.9 Å². The van der Waals surface area contributed by atoms with Crippen molar-refractivity contribution in [3.8, 4) is 0 Å². The first-order valence-corrected chi connectivity index (χ1v) is 12.0. The molecule has 0 aliphatic carbocycles. The predicted octanol–water partition coefficient (Wildman–Crippen LogP) is 2.12. The summed E-state index contributed by atoms with van der Waals surface area (Å²) >= 11 is 1.68. The summed E-state index contributed by atoms with van der Waals surface area (Å²) in [7, 11) is 2.13. The van der Waals surface area contributed by atoms with Gasteiger partial charge in [-0.1, -0.05) is 6.92 Å². The second kappa shape index (κ2) is 11.4. The van der Waals surface area contributed by atoms with Crippen molar-refractivity contribution in [3.05, 3.63) is 21.4 Å². The van der Waals surface area contributed by atoms with Gasteiger partial charge in [-0.05, 0) is 44.9 Å². The first-order chi connectivity index (χ1) is 15.4. The lowest BCUT2D eigenvalue weighted by Gasteiger charge is -2.35. The molecule has 1 fully saturated rings. The number of nitrogens with zero attached hydrogens (tertiary/aromatic N) is 3. The van der Waals surface area contributed by atoms with Crippen LogP contribution in [-0.2, 0) is 16.1 Å². The quantitative estimate of drug-likeness (QED) is 0.364. The van der Waals surface area contributed by atoms with Crippen molar-refractivity contribution < 1.29 is 14.4 Å². The lowest BCUT2D eigenvalue weighted by molar-refractivity contribution is -0.181. The number of thiophene rings is 1. The summed E-state index contributed by atoms with van der Waals surface area (Å²) < 4.78 is 0. The number of amidine groups is 1. The van der Waals surface area contributed by atoms with E-state index < -0.39 is 0 Å². The van der Waals surface area contributed by atoms with Crippen molar-refractivity contribution in [2.75, 3.05) is 46.4 Å². The zero-order valence-electron chi connectivity index (χ0n) is 19.1. The molecule has 0 bridgehead atoms. The molecule has 2 aliphatic heterocycles. The third kappa shape index (κ3) is 6.54. The van der Waals surface area contributed by atoms with E-state index in [-0.39, 0.29) is 25.0 Å². The van der Waals surface area contributed by atoms with Crippen LogP contribution in [0.4, 0.5) is 10.5 Å². The van der Waals surface area contributed by atoms with Crippen LogP contribution < -0.4 is 16.4 Å². The van der Waals surface area contributed by atoms with Gasteiger partial charge in [-0.3, -0.25) is 9.63 Å². The normalized spacial score (nSPS) is 16.3. The molecule has 1 aromatic rings. The number of aliphatic imine (C=N–C) groups is 1. The fraction of sp³-hybridized carbons (Fsp3) is 0.591. The average Bonchev–Trinajstić information content (AvgIpc) is 3.01. The van der Waals surface area contributed by atoms with Crippen LogP contribution in [0, 0.1) is 5.92 Å². The third-order valence-electron chi connectivity index (χ3n) is 5.26. The Balaban J connectivity index is 1.66. The van der Waals surface area contributed by atoms with Gasteiger partial charge in [0.05, 0.1) is 17.2 Å². The molecule has 3 heterocycles. The van der Waals surface area contributed by atoms with E-state index in [9.17, 15) is 9.59 Å². The van der Waals surface area contributed by atoms with Crippen LogP contribution in [0.25, 0.3) is 6.08 Å². The number of nitrogens with one attached hydrogen (secondary N) is 2. The van der Waals surface area contributed by atoms with E-state index in [0.717, 1.165) is 36.5 Å². The number of carbonyl (C=O) groups is 2. The molecule has 1 aromatic heterocycles. The van der Waals surface area contributed by atoms with Gasteiger partial charge in [-0.15, -0.1) is 11.3 Å². The Bertz CT molecular complexity index is 875. The zero-order chi connectivity index (χ0) is 23.1. The molecule has 10 heteroatoms. The Morgan fingerprint density at radius 2 is 2.12 bits per heavy atom. The lowest BCUT2D eigenvalue weighted by Crippen LogP contribution is -2.44. The van der Waals surface area contributed by atoms with E-state index >= 15 is 0 Å². The van der Waals surface area contributed by atoms with Crippen molar-refractivity contribution in [1.82, 2.24) is 20.6 Å². The Morgan fingerprint density at radius 3 is 2.81 bits per heavy atom. The minimum atomic E-state index is -0.255. The number of amides is 3. The molecular formula is C22H34N6O3S. The van der Waals surface area contributed by atoms with Gasteiger partial charge in [0.2, 0.25) is 0 Å². The Hall–Kier alpha value is -2.43. The summed E-state index contributed by atoms with van der Waals surface area (Å²) in [6, 6.07) is 1.84. The molecular weight excluding hydrogens is 428 g/mol. The van der Waals surface area contributed by atoms with Crippen LogP contribution in [-0.4, -0.2) is 74.1 Å². The van der Waals surface area contributed by atoms with Crippen molar-refractivity contribution in [2.24, 2.45) is 16.6 Å². The second-order valence-corrected chi connectivity index (χ2v) is 9.40. The molecule has 0 atom stereocenters. The summed E-state index contributed by atoms with van der Waals surface area (Å²) in [5, 5.41) is 6.71. The number of hydrogen-bond acceptors (Lipinski definition) is 7. The van der Waals surface area contributed by atoms with Crippen LogP contribution in [0.1, 0.15) is 36.4 Å². The largest absolute Gasteiger partial charge is 0.387 e. The van der Waals surface area contributed by atoms with Crippen LogP contribution in [0.15, 0.2) is 16.6 Å². The first kappa shape index (κ1) is 24.2. The van der Waals surface area contributed by atoms with Crippen molar-refractivity contribution in [2.45, 2.75) is 33.1 Å². The summed E-state index contributed by atoms with van der Waals surface area (Å²) in [5.74, 6) is 0.881. The molecule has 32 heavy (non-hydrogen) atoms. The standard InChI is InChI=1S/C22H34N6O3S/c1-4-7-28(31-8-6-25-22(30)24-5-2)21(29)16-10-19-18(26-20(23)11-16)12-17(32-19)9-15-13-27(3)14-15/h10,12,15H,4-9,11,13-14H2,1-3H3,(H2,23,26)(H2,24,25,30). The van der Waals surface area contributed by atoms with Crippen LogP contribution >= 0.6 is 11.3 Å². The molecule has 0 radical (unpaired) electrons. The van der Waals surface area contributed by atoms with Gasteiger partial charge in [0.25, 0.3) is 5.91 Å². The molecule has 1 saturated heterocycles. The molecule has 3 amide bonds. The van der Waals surface area contributed by atoms with Gasteiger partial charge in [-0.2, -0.15) is 0 Å². The van der Waals surface area contributed by atoms with E-state index in [4.69, 9.17) is 10.6 Å². The minimum Gasteiger partial charge on any atom is -0.387 e. The van der Waals surface area contributed by atoms with Crippen molar-refractivity contribution in [1.29, 1.82) is 0 Å². The molecule has 0 aromatic carbocycles. The highest BCUT2D eigenvalue weighted by molar-refractivity contribution is 7.13. The van der Waals surface area contributed by atoms with Gasteiger partial charge >= 0.3 is 6.03 Å². The second-order valence-electron chi connectivity index (χ2n) is 8.23. The van der Waals surface area contributed by atoms with E-state index in [1.807, 2.05) is 19.9 Å². The van der Waals surface area contributed by atoms with Gasteiger partial charge < -0.3 is 21.3 Å². The topological polar surface area (TPSA) is 112 Å². The SMILES string of the molecule is CCCN(OCCNC(=O)NCC)C(=O)C1=Cc2sc(CC3CN(C)C3)cc2N=C(N)C1. The highest BCUT2D eigenvalue weighted by Gasteiger charge is 2.26. The fourth-order valence-corrected chi connectivity index (χ4v) is 5.03.